The molecule has 0 aliphatic heterocycles. The summed E-state index contributed by atoms with van der Waals surface area (Å²) in [5.74, 6) is 2.91. The monoisotopic (exact) mass is 568 g/mol. The average Bonchev–Trinajstić information content (AvgIpc) is 3.61. The van der Waals surface area contributed by atoms with Crippen LogP contribution in [0.3, 0.4) is 0 Å². The van der Waals surface area contributed by atoms with Crippen LogP contribution in [0.1, 0.15) is 97.3 Å². The quantitative estimate of drug-likeness (QED) is 0.196. The molecule has 0 amide bonds. The molecule has 0 radical (unpaired) electrons. The van der Waals surface area contributed by atoms with Crippen LogP contribution in [0, 0.1) is 0 Å². The molecule has 0 spiro atoms. The van der Waals surface area contributed by atoms with Crippen LogP contribution in [0.2, 0.25) is 0 Å². The molecule has 0 N–H and O–H groups in total. The summed E-state index contributed by atoms with van der Waals surface area (Å²) in [5.41, 5.74) is 15.1. The van der Waals surface area contributed by atoms with Crippen LogP contribution >= 0.6 is 0 Å². The van der Waals surface area contributed by atoms with Crippen molar-refractivity contribution in [3.05, 3.63) is 119 Å². The Labute approximate surface area is 257 Å². The fourth-order valence-electron chi connectivity index (χ4n) is 10.5. The van der Waals surface area contributed by atoms with Gasteiger partial charge in [-0.15, -0.1) is 0 Å². The Morgan fingerprint density at radius 2 is 0.864 bits per heavy atom. The van der Waals surface area contributed by atoms with Crippen LogP contribution in [0.25, 0.3) is 55.0 Å². The standard InChI is InChI=1S/C42H36N2/c1-2-8-29(9-3-1)43-34-12-6-4-10-30(34)40-36(43)22-23-37-41(40)31-11-5-7-13-35(31)44(37)42-38-27-18-14-25(15-19-27)32(38)24-33-26-16-20-28(21-17-26)39(33)42/h1-13,22-28H,14-21H2. The molecule has 2 nitrogen and oxygen atoms in total. The molecule has 214 valence electrons. The summed E-state index contributed by atoms with van der Waals surface area (Å²) < 4.78 is 5.25. The number of rotatable bonds is 2. The first-order valence-corrected chi connectivity index (χ1v) is 17.1. The zero-order valence-electron chi connectivity index (χ0n) is 25.1. The van der Waals surface area contributed by atoms with E-state index >= 15 is 0 Å². The van der Waals surface area contributed by atoms with E-state index in [-0.39, 0.29) is 0 Å². The SMILES string of the molecule is c1ccc(-n2c3ccccc3c3c4c5ccccc5n(-c5c6c(cc7c5C5CCC7CC5)C5CCC6CC5)c4ccc32)cc1. The first kappa shape index (κ1) is 24.1. The van der Waals surface area contributed by atoms with Gasteiger partial charge in [-0.05, 0) is 134 Å². The molecule has 2 fully saturated rings. The predicted molar refractivity (Wildman–Crippen MR) is 183 cm³/mol. The van der Waals surface area contributed by atoms with Gasteiger partial charge in [0.15, 0.2) is 0 Å². The molecule has 6 aliphatic carbocycles. The number of para-hydroxylation sites is 3. The van der Waals surface area contributed by atoms with Gasteiger partial charge < -0.3 is 9.13 Å². The number of hydrogen-bond donors (Lipinski definition) is 0. The van der Waals surface area contributed by atoms with E-state index in [1.165, 1.54) is 101 Å². The summed E-state index contributed by atoms with van der Waals surface area (Å²) in [6.45, 7) is 0. The molecule has 4 bridgehead atoms. The normalized spacial score (nSPS) is 23.6. The Kier molecular flexibility index (Phi) is 4.74. The highest BCUT2D eigenvalue weighted by molar-refractivity contribution is 6.29. The van der Waals surface area contributed by atoms with Gasteiger partial charge in [0.2, 0.25) is 0 Å². The topological polar surface area (TPSA) is 9.86 Å². The molecule has 2 heterocycles. The third-order valence-electron chi connectivity index (χ3n) is 12.3. The maximum Gasteiger partial charge on any atom is 0.0549 e. The van der Waals surface area contributed by atoms with Gasteiger partial charge >= 0.3 is 0 Å². The van der Waals surface area contributed by atoms with Crippen molar-refractivity contribution in [1.29, 1.82) is 0 Å². The summed E-state index contributed by atoms with van der Waals surface area (Å²) >= 11 is 0. The van der Waals surface area contributed by atoms with Crippen LogP contribution < -0.4 is 0 Å². The number of fused-ring (bicyclic) bond motifs is 11. The lowest BCUT2D eigenvalue weighted by Gasteiger charge is -2.46. The molecule has 5 aromatic carbocycles. The Hall–Kier alpha value is -4.30. The molecule has 44 heavy (non-hydrogen) atoms. The van der Waals surface area contributed by atoms with Gasteiger partial charge in [0, 0.05) is 27.2 Å². The number of aromatic nitrogens is 2. The van der Waals surface area contributed by atoms with Crippen LogP contribution in [0.15, 0.2) is 97.1 Å². The lowest BCUT2D eigenvalue weighted by molar-refractivity contribution is 0.340. The Balaban J connectivity index is 1.33. The lowest BCUT2D eigenvalue weighted by Crippen LogP contribution is -2.30. The fraction of sp³-hybridized carbons (Fsp3) is 0.286. The van der Waals surface area contributed by atoms with Gasteiger partial charge in [-0.2, -0.15) is 0 Å². The van der Waals surface area contributed by atoms with E-state index in [0.717, 1.165) is 11.8 Å². The minimum atomic E-state index is 0.704. The summed E-state index contributed by atoms with van der Waals surface area (Å²) in [6, 6.07) is 36.9. The molecule has 0 unspecified atom stereocenters. The number of nitrogens with zero attached hydrogens (tertiary/aromatic N) is 2. The van der Waals surface area contributed by atoms with Crippen molar-refractivity contribution in [2.75, 3.05) is 0 Å². The third-order valence-corrected chi connectivity index (χ3v) is 12.3. The molecule has 6 aliphatic rings. The molecule has 0 atom stereocenters. The Bertz CT molecular complexity index is 2250. The lowest BCUT2D eigenvalue weighted by atomic mass is 9.60. The van der Waals surface area contributed by atoms with E-state index in [0.29, 0.717) is 11.8 Å². The zero-order chi connectivity index (χ0) is 28.5. The molecular weight excluding hydrogens is 532 g/mol. The van der Waals surface area contributed by atoms with E-state index < -0.39 is 0 Å². The molecule has 2 heteroatoms. The predicted octanol–water partition coefficient (Wildman–Crippen LogP) is 11.4. The fourth-order valence-corrected chi connectivity index (χ4v) is 10.5. The third kappa shape index (κ3) is 2.97. The minimum Gasteiger partial charge on any atom is -0.309 e. The Morgan fingerprint density at radius 1 is 0.409 bits per heavy atom. The van der Waals surface area contributed by atoms with Gasteiger partial charge in [0.25, 0.3) is 0 Å². The van der Waals surface area contributed by atoms with Crippen LogP contribution in [0.4, 0.5) is 0 Å². The van der Waals surface area contributed by atoms with Crippen molar-refractivity contribution in [2.24, 2.45) is 0 Å². The number of benzene rings is 5. The maximum atomic E-state index is 2.78. The first-order valence-electron chi connectivity index (χ1n) is 17.1. The highest BCUT2D eigenvalue weighted by atomic mass is 15.0. The first-order chi connectivity index (χ1) is 21.8. The van der Waals surface area contributed by atoms with Gasteiger partial charge in [-0.1, -0.05) is 60.7 Å². The Morgan fingerprint density at radius 3 is 1.43 bits per heavy atom. The molecule has 0 saturated heterocycles. The van der Waals surface area contributed by atoms with Crippen LogP contribution in [0.5, 0.6) is 0 Å². The van der Waals surface area contributed by atoms with Gasteiger partial charge in [0.05, 0.1) is 27.8 Å². The van der Waals surface area contributed by atoms with Crippen molar-refractivity contribution < 1.29 is 0 Å². The second-order valence-corrected chi connectivity index (χ2v) is 14.2. The molecular formula is C42H36N2. The average molecular weight is 569 g/mol. The second kappa shape index (κ2) is 8.66. The maximum absolute atomic E-state index is 2.78. The number of hydrogen-bond acceptors (Lipinski definition) is 0. The highest BCUT2D eigenvalue weighted by Crippen LogP contribution is 2.59. The van der Waals surface area contributed by atoms with Crippen LogP contribution in [-0.4, -0.2) is 9.13 Å². The van der Waals surface area contributed by atoms with E-state index in [2.05, 4.69) is 106 Å². The van der Waals surface area contributed by atoms with Crippen molar-refractivity contribution in [3.63, 3.8) is 0 Å². The van der Waals surface area contributed by atoms with Crippen molar-refractivity contribution in [1.82, 2.24) is 9.13 Å². The smallest absolute Gasteiger partial charge is 0.0549 e. The van der Waals surface area contributed by atoms with Gasteiger partial charge in [-0.3, -0.25) is 0 Å². The second-order valence-electron chi connectivity index (χ2n) is 14.2. The van der Waals surface area contributed by atoms with E-state index in [1.54, 1.807) is 27.9 Å². The summed E-state index contributed by atoms with van der Waals surface area (Å²) in [7, 11) is 0. The van der Waals surface area contributed by atoms with Gasteiger partial charge in [-0.25, -0.2) is 0 Å². The summed E-state index contributed by atoms with van der Waals surface area (Å²) in [4.78, 5) is 0. The van der Waals surface area contributed by atoms with Crippen molar-refractivity contribution in [2.45, 2.75) is 75.0 Å². The summed E-state index contributed by atoms with van der Waals surface area (Å²) in [6.07, 6.45) is 11.0. The molecule has 7 aromatic rings. The van der Waals surface area contributed by atoms with E-state index in [1.807, 2.05) is 0 Å². The zero-order valence-corrected chi connectivity index (χ0v) is 25.1. The largest absolute Gasteiger partial charge is 0.309 e. The van der Waals surface area contributed by atoms with Crippen LogP contribution in [-0.2, 0) is 0 Å². The molecule has 2 aromatic heterocycles. The van der Waals surface area contributed by atoms with E-state index in [9.17, 15) is 0 Å². The molecule has 13 rings (SSSR count). The molecule has 2 saturated carbocycles. The summed E-state index contributed by atoms with van der Waals surface area (Å²) in [5, 5.41) is 5.53. The van der Waals surface area contributed by atoms with Crippen molar-refractivity contribution in [3.8, 4) is 11.4 Å². The van der Waals surface area contributed by atoms with Crippen molar-refractivity contribution >= 4 is 43.6 Å². The highest BCUT2D eigenvalue weighted by Gasteiger charge is 2.42. The van der Waals surface area contributed by atoms with Gasteiger partial charge in [0.1, 0.15) is 0 Å². The minimum absolute atomic E-state index is 0.704. The van der Waals surface area contributed by atoms with E-state index in [4.69, 9.17) is 0 Å².